The lowest BCUT2D eigenvalue weighted by molar-refractivity contribution is 0.292. The first-order chi connectivity index (χ1) is 15.4. The molecule has 1 saturated heterocycles. The number of piperidine rings is 1. The third kappa shape index (κ3) is 3.50. The fourth-order valence-electron chi connectivity index (χ4n) is 4.91. The van der Waals surface area contributed by atoms with E-state index in [4.69, 9.17) is 34.5 Å². The lowest BCUT2D eigenvalue weighted by atomic mass is 9.71. The summed E-state index contributed by atoms with van der Waals surface area (Å²) in [7, 11) is 0. The standard InChI is InChI=1S/C22H25ClN8S/c23-18-15(3-6-28-19(18)26)32-21-20(27)30-17(11-29-21)31-7-4-22(5-8-31)14-2-1-13(24)9-12(14)10-16(22)25/h1-3,6,9,11,16H,4-5,7-8,10,24-25H2,(H2,26,28)(H2,27,30). The number of aromatic nitrogens is 3. The van der Waals surface area contributed by atoms with Crippen molar-refractivity contribution < 1.29 is 0 Å². The zero-order valence-corrected chi connectivity index (χ0v) is 19.0. The minimum Gasteiger partial charge on any atom is -0.399 e. The predicted octanol–water partition coefficient (Wildman–Crippen LogP) is 2.84. The van der Waals surface area contributed by atoms with Gasteiger partial charge in [-0.15, -0.1) is 0 Å². The molecule has 10 heteroatoms. The van der Waals surface area contributed by atoms with Gasteiger partial charge in [0.15, 0.2) is 5.82 Å². The zero-order valence-electron chi connectivity index (χ0n) is 17.5. The average Bonchev–Trinajstić information content (AvgIpc) is 3.03. The molecular formula is C22H25ClN8S. The van der Waals surface area contributed by atoms with Crippen LogP contribution in [0.1, 0.15) is 24.0 Å². The van der Waals surface area contributed by atoms with E-state index in [0.29, 0.717) is 15.9 Å². The van der Waals surface area contributed by atoms with Crippen molar-refractivity contribution in [2.75, 3.05) is 35.2 Å². The van der Waals surface area contributed by atoms with Gasteiger partial charge >= 0.3 is 0 Å². The van der Waals surface area contributed by atoms with Crippen molar-refractivity contribution in [3.8, 4) is 0 Å². The highest BCUT2D eigenvalue weighted by atomic mass is 35.5. The van der Waals surface area contributed by atoms with Crippen molar-refractivity contribution in [3.63, 3.8) is 0 Å². The van der Waals surface area contributed by atoms with Gasteiger partial charge < -0.3 is 27.8 Å². The molecule has 3 heterocycles. The van der Waals surface area contributed by atoms with E-state index in [1.54, 1.807) is 18.5 Å². The summed E-state index contributed by atoms with van der Waals surface area (Å²) in [6.07, 6.45) is 6.15. The molecule has 1 aliphatic carbocycles. The summed E-state index contributed by atoms with van der Waals surface area (Å²) in [5.41, 5.74) is 28.1. The number of fused-ring (bicyclic) bond motifs is 2. The first-order valence-electron chi connectivity index (χ1n) is 10.5. The molecule has 2 aromatic heterocycles. The van der Waals surface area contributed by atoms with E-state index >= 15 is 0 Å². The highest BCUT2D eigenvalue weighted by Crippen LogP contribution is 2.46. The summed E-state index contributed by atoms with van der Waals surface area (Å²) in [6.45, 7) is 1.68. The summed E-state index contributed by atoms with van der Waals surface area (Å²) in [4.78, 5) is 16.1. The van der Waals surface area contributed by atoms with Crippen LogP contribution < -0.4 is 27.8 Å². The molecule has 8 N–H and O–H groups in total. The Labute approximate surface area is 195 Å². The summed E-state index contributed by atoms with van der Waals surface area (Å²) in [5, 5.41) is 0.970. The van der Waals surface area contributed by atoms with Crippen LogP contribution in [-0.4, -0.2) is 34.1 Å². The number of hydrogen-bond acceptors (Lipinski definition) is 9. The average molecular weight is 469 g/mol. The van der Waals surface area contributed by atoms with Gasteiger partial charge in [0.05, 0.1) is 11.2 Å². The Morgan fingerprint density at radius 3 is 2.59 bits per heavy atom. The normalized spacial score (nSPS) is 19.3. The smallest absolute Gasteiger partial charge is 0.158 e. The van der Waals surface area contributed by atoms with Gasteiger partial charge in [0.1, 0.15) is 16.7 Å². The predicted molar refractivity (Wildman–Crippen MR) is 130 cm³/mol. The zero-order chi connectivity index (χ0) is 22.5. The topological polar surface area (TPSA) is 146 Å². The van der Waals surface area contributed by atoms with Gasteiger partial charge in [-0.3, -0.25) is 0 Å². The van der Waals surface area contributed by atoms with Crippen LogP contribution in [0.3, 0.4) is 0 Å². The van der Waals surface area contributed by atoms with Crippen LogP contribution in [0.4, 0.5) is 23.1 Å². The number of anilines is 4. The second kappa shape index (κ2) is 7.99. The van der Waals surface area contributed by atoms with Gasteiger partial charge in [-0.1, -0.05) is 29.4 Å². The van der Waals surface area contributed by atoms with Crippen LogP contribution in [0.5, 0.6) is 0 Å². The number of nitrogens with two attached hydrogens (primary N) is 4. The maximum atomic E-state index is 6.63. The van der Waals surface area contributed by atoms with Gasteiger partial charge in [-0.25, -0.2) is 15.0 Å². The minimum absolute atomic E-state index is 0.00762. The second-order valence-corrected chi connectivity index (χ2v) is 9.81. The van der Waals surface area contributed by atoms with E-state index in [0.717, 1.165) is 48.8 Å². The second-order valence-electron chi connectivity index (χ2n) is 8.40. The van der Waals surface area contributed by atoms with E-state index < -0.39 is 0 Å². The third-order valence-corrected chi connectivity index (χ3v) is 8.21. The lowest BCUT2D eigenvalue weighted by Crippen LogP contribution is -2.50. The number of nitrogens with zero attached hydrogens (tertiary/aromatic N) is 4. The van der Waals surface area contributed by atoms with Crippen LogP contribution in [0.2, 0.25) is 5.02 Å². The Kier molecular flexibility index (Phi) is 5.27. The fourth-order valence-corrected chi connectivity index (χ4v) is 5.93. The van der Waals surface area contributed by atoms with Crippen LogP contribution in [-0.2, 0) is 11.8 Å². The summed E-state index contributed by atoms with van der Waals surface area (Å²) in [5.74, 6) is 1.40. The number of pyridine rings is 1. The molecule has 0 amide bonds. The molecule has 0 saturated carbocycles. The Balaban J connectivity index is 1.33. The molecule has 166 valence electrons. The summed E-state index contributed by atoms with van der Waals surface area (Å²) in [6, 6.07) is 8.10. The molecule has 32 heavy (non-hydrogen) atoms. The van der Waals surface area contributed by atoms with Gasteiger partial charge in [0, 0.05) is 41.3 Å². The fraction of sp³-hybridized carbons (Fsp3) is 0.318. The SMILES string of the molecule is Nc1ccc2c(c1)CC(N)C21CCN(c2cnc(Sc3ccnc(N)c3Cl)c(N)n2)CC1. The molecule has 1 unspecified atom stereocenters. The lowest BCUT2D eigenvalue weighted by Gasteiger charge is -2.43. The largest absolute Gasteiger partial charge is 0.399 e. The minimum atomic E-state index is -0.00762. The van der Waals surface area contributed by atoms with E-state index in [9.17, 15) is 0 Å². The molecule has 2 aliphatic rings. The molecule has 0 bridgehead atoms. The molecule has 1 atom stereocenters. The van der Waals surface area contributed by atoms with Crippen molar-refractivity contribution >= 4 is 46.5 Å². The summed E-state index contributed by atoms with van der Waals surface area (Å²) < 4.78 is 0. The Bertz CT molecular complexity index is 1180. The van der Waals surface area contributed by atoms with E-state index in [1.807, 2.05) is 6.07 Å². The monoisotopic (exact) mass is 468 g/mol. The molecule has 8 nitrogen and oxygen atoms in total. The van der Waals surface area contributed by atoms with Gasteiger partial charge in [0.2, 0.25) is 0 Å². The van der Waals surface area contributed by atoms with Crippen molar-refractivity contribution in [1.29, 1.82) is 0 Å². The first-order valence-corrected chi connectivity index (χ1v) is 11.7. The van der Waals surface area contributed by atoms with Crippen LogP contribution >= 0.6 is 23.4 Å². The van der Waals surface area contributed by atoms with Crippen LogP contribution in [0.25, 0.3) is 0 Å². The molecule has 5 rings (SSSR count). The van der Waals surface area contributed by atoms with Gasteiger partial charge in [-0.05, 0) is 48.6 Å². The maximum Gasteiger partial charge on any atom is 0.158 e. The molecule has 1 aromatic carbocycles. The van der Waals surface area contributed by atoms with Crippen LogP contribution in [0.15, 0.2) is 46.6 Å². The molecule has 1 fully saturated rings. The maximum absolute atomic E-state index is 6.63. The summed E-state index contributed by atoms with van der Waals surface area (Å²) >= 11 is 7.56. The van der Waals surface area contributed by atoms with Crippen molar-refractivity contribution in [1.82, 2.24) is 15.0 Å². The van der Waals surface area contributed by atoms with E-state index in [1.165, 1.54) is 22.9 Å². The van der Waals surface area contributed by atoms with E-state index in [2.05, 4.69) is 32.0 Å². The number of benzene rings is 1. The van der Waals surface area contributed by atoms with Crippen molar-refractivity contribution in [3.05, 3.63) is 52.8 Å². The third-order valence-electron chi connectivity index (χ3n) is 6.63. The van der Waals surface area contributed by atoms with Crippen LogP contribution in [0, 0.1) is 0 Å². The Hall–Kier alpha value is -2.75. The van der Waals surface area contributed by atoms with Gasteiger partial charge in [-0.2, -0.15) is 0 Å². The highest BCUT2D eigenvalue weighted by Gasteiger charge is 2.46. The van der Waals surface area contributed by atoms with Crippen molar-refractivity contribution in [2.24, 2.45) is 5.73 Å². The van der Waals surface area contributed by atoms with Gasteiger partial charge in [0.25, 0.3) is 0 Å². The molecule has 3 aromatic rings. The van der Waals surface area contributed by atoms with Crippen molar-refractivity contribution in [2.45, 2.75) is 40.6 Å². The first kappa shape index (κ1) is 21.1. The number of halogens is 1. The quantitative estimate of drug-likeness (QED) is 0.426. The molecule has 1 spiro atoms. The Morgan fingerprint density at radius 1 is 1.06 bits per heavy atom. The Morgan fingerprint density at radius 2 is 1.84 bits per heavy atom. The number of hydrogen-bond donors (Lipinski definition) is 4. The number of rotatable bonds is 3. The highest BCUT2D eigenvalue weighted by molar-refractivity contribution is 7.99. The molecular weight excluding hydrogens is 444 g/mol. The number of nitrogen functional groups attached to an aromatic ring is 3. The molecule has 1 aliphatic heterocycles. The van der Waals surface area contributed by atoms with E-state index in [-0.39, 0.29) is 17.3 Å². The molecule has 0 radical (unpaired) electrons.